The molecule has 82 valence electrons. The maximum atomic E-state index is 4.77. The fraction of sp³-hybridized carbons (Fsp3) is 0.357. The second kappa shape index (κ2) is 2.97. The van der Waals surface area contributed by atoms with Crippen LogP contribution in [0.4, 0.5) is 0 Å². The van der Waals surface area contributed by atoms with Crippen LogP contribution in [0.2, 0.25) is 0 Å². The Kier molecular flexibility index (Phi) is 1.79. The van der Waals surface area contributed by atoms with Crippen LogP contribution in [0.1, 0.15) is 32.0 Å². The summed E-state index contributed by atoms with van der Waals surface area (Å²) in [5.41, 5.74) is 3.98. The Hall–Kier alpha value is -1.57. The van der Waals surface area contributed by atoms with Gasteiger partial charge in [-0.3, -0.25) is 0 Å². The molecule has 0 saturated heterocycles. The van der Waals surface area contributed by atoms with Crippen molar-refractivity contribution < 1.29 is 0 Å². The molecule has 1 aromatic carbocycles. The van der Waals surface area contributed by atoms with Gasteiger partial charge < -0.3 is 4.57 Å². The highest BCUT2D eigenvalue weighted by molar-refractivity contribution is 5.65. The van der Waals surface area contributed by atoms with Gasteiger partial charge in [-0.1, -0.05) is 45.0 Å². The van der Waals surface area contributed by atoms with E-state index < -0.39 is 0 Å². The molecule has 2 heteroatoms. The van der Waals surface area contributed by atoms with E-state index in [9.17, 15) is 0 Å². The van der Waals surface area contributed by atoms with E-state index in [2.05, 4.69) is 55.8 Å². The van der Waals surface area contributed by atoms with Crippen molar-refractivity contribution in [1.82, 2.24) is 9.55 Å². The molecular weight excluding hydrogens is 196 g/mol. The molecule has 3 rings (SSSR count). The Morgan fingerprint density at radius 3 is 2.69 bits per heavy atom. The number of aromatic nitrogens is 2. The topological polar surface area (TPSA) is 17.8 Å². The number of rotatable bonds is 0. The number of imidazole rings is 1. The Morgan fingerprint density at radius 2 is 1.94 bits per heavy atom. The Bertz CT molecular complexity index is 544. The summed E-state index contributed by atoms with van der Waals surface area (Å²) in [6.07, 6.45) is 2.19. The minimum atomic E-state index is 0.131. The molecule has 16 heavy (non-hydrogen) atoms. The average Bonchev–Trinajstić information content (AvgIpc) is 2.72. The third kappa shape index (κ3) is 1.29. The van der Waals surface area contributed by atoms with Crippen LogP contribution in [-0.4, -0.2) is 9.55 Å². The zero-order chi connectivity index (χ0) is 11.3. The predicted molar refractivity (Wildman–Crippen MR) is 65.5 cm³/mol. The highest BCUT2D eigenvalue weighted by atomic mass is 15.1. The molecule has 2 heterocycles. The maximum absolute atomic E-state index is 4.77. The minimum Gasteiger partial charge on any atom is -0.326 e. The molecular formula is C14H16N2. The van der Waals surface area contributed by atoms with Gasteiger partial charge in [0.2, 0.25) is 0 Å². The lowest BCUT2D eigenvalue weighted by atomic mass is 9.93. The first-order valence-corrected chi connectivity index (χ1v) is 5.71. The van der Waals surface area contributed by atoms with Crippen LogP contribution < -0.4 is 0 Å². The zero-order valence-electron chi connectivity index (χ0n) is 9.99. The molecule has 0 amide bonds. The van der Waals surface area contributed by atoms with Crippen molar-refractivity contribution in [2.24, 2.45) is 0 Å². The largest absolute Gasteiger partial charge is 0.326 e. The second-order valence-corrected chi connectivity index (χ2v) is 5.48. The molecule has 0 saturated carbocycles. The van der Waals surface area contributed by atoms with Crippen LogP contribution in [0.5, 0.6) is 0 Å². The fourth-order valence-electron chi connectivity index (χ4n) is 2.17. The molecule has 0 unspecified atom stereocenters. The van der Waals surface area contributed by atoms with E-state index in [0.717, 1.165) is 12.4 Å². The standard InChI is InChI=1S/C14H16N2/c1-14(2,3)12-9-16-8-10-6-4-5-7-11(10)13(16)15-12/h4-7,9H,8H2,1-3H3. The molecule has 1 aromatic heterocycles. The molecule has 0 fully saturated rings. The first-order valence-electron chi connectivity index (χ1n) is 5.71. The lowest BCUT2D eigenvalue weighted by Gasteiger charge is -2.14. The van der Waals surface area contributed by atoms with Gasteiger partial charge in [-0.2, -0.15) is 0 Å². The highest BCUT2D eigenvalue weighted by Gasteiger charge is 2.24. The molecule has 2 nitrogen and oxygen atoms in total. The van der Waals surface area contributed by atoms with Crippen molar-refractivity contribution in [2.45, 2.75) is 32.7 Å². The lowest BCUT2D eigenvalue weighted by molar-refractivity contribution is 0.571. The molecule has 1 aliphatic heterocycles. The molecule has 0 aliphatic carbocycles. The van der Waals surface area contributed by atoms with Crippen molar-refractivity contribution >= 4 is 0 Å². The summed E-state index contributed by atoms with van der Waals surface area (Å²) in [5.74, 6) is 1.13. The molecule has 1 aliphatic rings. The fourth-order valence-corrected chi connectivity index (χ4v) is 2.17. The van der Waals surface area contributed by atoms with Crippen molar-refractivity contribution in [1.29, 1.82) is 0 Å². The van der Waals surface area contributed by atoms with Crippen LogP contribution in [0.3, 0.4) is 0 Å². The number of nitrogens with zero attached hydrogens (tertiary/aromatic N) is 2. The van der Waals surface area contributed by atoms with Gasteiger partial charge in [0.05, 0.1) is 5.69 Å². The van der Waals surface area contributed by atoms with Crippen molar-refractivity contribution in [3.63, 3.8) is 0 Å². The molecule has 0 atom stereocenters. The monoisotopic (exact) mass is 212 g/mol. The van der Waals surface area contributed by atoms with Gasteiger partial charge in [0.15, 0.2) is 0 Å². The third-order valence-electron chi connectivity index (χ3n) is 3.14. The van der Waals surface area contributed by atoms with Gasteiger partial charge in [-0.05, 0) is 5.56 Å². The minimum absolute atomic E-state index is 0.131. The smallest absolute Gasteiger partial charge is 0.140 e. The van der Waals surface area contributed by atoms with Gasteiger partial charge in [0.25, 0.3) is 0 Å². The van der Waals surface area contributed by atoms with E-state index in [-0.39, 0.29) is 5.41 Å². The second-order valence-electron chi connectivity index (χ2n) is 5.48. The van der Waals surface area contributed by atoms with Crippen molar-refractivity contribution in [3.8, 4) is 11.4 Å². The Labute approximate surface area is 95.9 Å². The van der Waals surface area contributed by atoms with Crippen LogP contribution in [0, 0.1) is 0 Å². The van der Waals surface area contributed by atoms with Gasteiger partial charge in [-0.15, -0.1) is 0 Å². The molecule has 0 radical (unpaired) electrons. The predicted octanol–water partition coefficient (Wildman–Crippen LogP) is 3.21. The van der Waals surface area contributed by atoms with Crippen LogP contribution in [0.25, 0.3) is 11.4 Å². The summed E-state index contributed by atoms with van der Waals surface area (Å²) in [4.78, 5) is 4.77. The summed E-state index contributed by atoms with van der Waals surface area (Å²) < 4.78 is 2.26. The Morgan fingerprint density at radius 1 is 1.19 bits per heavy atom. The van der Waals surface area contributed by atoms with E-state index in [1.807, 2.05) is 0 Å². The average molecular weight is 212 g/mol. The van der Waals surface area contributed by atoms with Gasteiger partial charge in [0, 0.05) is 23.7 Å². The quantitative estimate of drug-likeness (QED) is 0.559. The molecule has 0 bridgehead atoms. The molecule has 2 aromatic rings. The lowest BCUT2D eigenvalue weighted by Crippen LogP contribution is -2.11. The third-order valence-corrected chi connectivity index (χ3v) is 3.14. The summed E-state index contributed by atoms with van der Waals surface area (Å²) in [5, 5.41) is 0. The van der Waals surface area contributed by atoms with E-state index in [0.29, 0.717) is 0 Å². The first kappa shape index (κ1) is 9.64. The Balaban J connectivity index is 2.15. The maximum Gasteiger partial charge on any atom is 0.140 e. The first-order chi connectivity index (χ1) is 7.55. The van der Waals surface area contributed by atoms with E-state index in [4.69, 9.17) is 4.98 Å². The van der Waals surface area contributed by atoms with E-state index >= 15 is 0 Å². The summed E-state index contributed by atoms with van der Waals surface area (Å²) >= 11 is 0. The van der Waals surface area contributed by atoms with Gasteiger partial charge in [0.1, 0.15) is 5.82 Å². The zero-order valence-corrected chi connectivity index (χ0v) is 9.99. The van der Waals surface area contributed by atoms with Gasteiger partial charge in [-0.25, -0.2) is 4.98 Å². The van der Waals surface area contributed by atoms with Crippen LogP contribution >= 0.6 is 0 Å². The number of hydrogen-bond acceptors (Lipinski definition) is 1. The van der Waals surface area contributed by atoms with Crippen LogP contribution in [-0.2, 0) is 12.0 Å². The number of fused-ring (bicyclic) bond motifs is 3. The summed E-state index contributed by atoms with van der Waals surface area (Å²) in [7, 11) is 0. The molecule has 0 spiro atoms. The van der Waals surface area contributed by atoms with Crippen molar-refractivity contribution in [2.75, 3.05) is 0 Å². The van der Waals surface area contributed by atoms with Crippen molar-refractivity contribution in [3.05, 3.63) is 41.7 Å². The molecule has 0 N–H and O–H groups in total. The van der Waals surface area contributed by atoms with Crippen LogP contribution in [0.15, 0.2) is 30.5 Å². The number of hydrogen-bond donors (Lipinski definition) is 0. The summed E-state index contributed by atoms with van der Waals surface area (Å²) in [6, 6.07) is 8.52. The summed E-state index contributed by atoms with van der Waals surface area (Å²) in [6.45, 7) is 7.58. The van der Waals surface area contributed by atoms with E-state index in [1.165, 1.54) is 16.8 Å². The van der Waals surface area contributed by atoms with E-state index in [1.54, 1.807) is 0 Å². The SMILES string of the molecule is CC(C)(C)c1cn2c(n1)-c1ccccc1C2. The number of benzene rings is 1. The normalized spacial score (nSPS) is 13.7. The van der Waals surface area contributed by atoms with Gasteiger partial charge >= 0.3 is 0 Å². The highest BCUT2D eigenvalue weighted by Crippen LogP contribution is 2.33.